The smallest absolute Gasteiger partial charge is 0.170 e. The molecule has 2 aromatic rings. The van der Waals surface area contributed by atoms with E-state index in [-0.39, 0.29) is 5.78 Å². The molecule has 1 aromatic carbocycles. The van der Waals surface area contributed by atoms with Gasteiger partial charge in [0.1, 0.15) is 5.82 Å². The third kappa shape index (κ3) is 1.95. The summed E-state index contributed by atoms with van der Waals surface area (Å²) >= 11 is 0. The van der Waals surface area contributed by atoms with Gasteiger partial charge in [0.2, 0.25) is 0 Å². The van der Waals surface area contributed by atoms with E-state index in [0.29, 0.717) is 6.42 Å². The molecule has 3 rings (SSSR count). The Bertz CT molecular complexity index is 601. The summed E-state index contributed by atoms with van der Waals surface area (Å²) in [4.78, 5) is 16.4. The fourth-order valence-electron chi connectivity index (χ4n) is 2.28. The molecule has 4 nitrogen and oxygen atoms in total. The van der Waals surface area contributed by atoms with Crippen LogP contribution in [0, 0.1) is 0 Å². The van der Waals surface area contributed by atoms with Crippen molar-refractivity contribution in [3.05, 3.63) is 53.1 Å². The summed E-state index contributed by atoms with van der Waals surface area (Å²) in [6.07, 6.45) is 3.93. The van der Waals surface area contributed by atoms with Crippen LogP contribution in [0.2, 0.25) is 0 Å². The second-order valence-corrected chi connectivity index (χ2v) is 4.64. The first-order valence-electron chi connectivity index (χ1n) is 6.06. The van der Waals surface area contributed by atoms with Crippen molar-refractivity contribution >= 4 is 5.78 Å². The summed E-state index contributed by atoms with van der Waals surface area (Å²) in [5, 5.41) is 3.28. The van der Waals surface area contributed by atoms with E-state index in [1.165, 1.54) is 11.1 Å². The monoisotopic (exact) mass is 241 g/mol. The van der Waals surface area contributed by atoms with Gasteiger partial charge in [-0.2, -0.15) is 0 Å². The number of fused-ring (bicyclic) bond motifs is 1. The quantitative estimate of drug-likeness (QED) is 0.827. The SMILES string of the molecule is Cn1ccnc1CC(=O)c1ccc2c(c1)CNC2. The zero-order chi connectivity index (χ0) is 12.5. The van der Waals surface area contributed by atoms with Crippen LogP contribution in [0.15, 0.2) is 30.6 Å². The van der Waals surface area contributed by atoms with E-state index in [2.05, 4.69) is 10.3 Å². The molecule has 1 N–H and O–H groups in total. The van der Waals surface area contributed by atoms with Crippen molar-refractivity contribution in [2.45, 2.75) is 19.5 Å². The number of carbonyl (C=O) groups excluding carboxylic acids is 1. The van der Waals surface area contributed by atoms with E-state index in [1.807, 2.05) is 36.0 Å². The highest BCUT2D eigenvalue weighted by Gasteiger charge is 2.14. The van der Waals surface area contributed by atoms with Gasteiger partial charge in [-0.3, -0.25) is 4.79 Å². The zero-order valence-corrected chi connectivity index (χ0v) is 10.3. The van der Waals surface area contributed by atoms with Crippen LogP contribution < -0.4 is 5.32 Å². The van der Waals surface area contributed by atoms with Gasteiger partial charge in [0.15, 0.2) is 5.78 Å². The molecule has 0 atom stereocenters. The number of Topliss-reactive ketones (excluding diaryl/α,β-unsaturated/α-hetero) is 1. The van der Waals surface area contributed by atoms with E-state index in [0.717, 1.165) is 24.5 Å². The van der Waals surface area contributed by atoms with E-state index in [9.17, 15) is 4.79 Å². The third-order valence-electron chi connectivity index (χ3n) is 3.40. The van der Waals surface area contributed by atoms with Crippen LogP contribution in [-0.2, 0) is 26.6 Å². The molecule has 1 aliphatic rings. The summed E-state index contributed by atoms with van der Waals surface area (Å²) in [5.41, 5.74) is 3.31. The molecule has 0 aliphatic carbocycles. The molecule has 0 radical (unpaired) electrons. The second-order valence-electron chi connectivity index (χ2n) is 4.64. The number of nitrogens with zero attached hydrogens (tertiary/aromatic N) is 2. The average molecular weight is 241 g/mol. The molecule has 0 bridgehead atoms. The van der Waals surface area contributed by atoms with Crippen molar-refractivity contribution < 1.29 is 4.79 Å². The molecule has 0 fully saturated rings. The van der Waals surface area contributed by atoms with Gasteiger partial charge < -0.3 is 9.88 Å². The number of aryl methyl sites for hydroxylation is 1. The predicted octanol–water partition coefficient (Wildman–Crippen LogP) is 1.45. The minimum absolute atomic E-state index is 0.124. The number of hydrogen-bond acceptors (Lipinski definition) is 3. The summed E-state index contributed by atoms with van der Waals surface area (Å²) in [6.45, 7) is 1.77. The largest absolute Gasteiger partial charge is 0.338 e. The highest BCUT2D eigenvalue weighted by molar-refractivity contribution is 5.97. The van der Waals surface area contributed by atoms with Crippen LogP contribution in [0.4, 0.5) is 0 Å². The summed E-state index contributed by atoms with van der Waals surface area (Å²) in [7, 11) is 1.90. The van der Waals surface area contributed by atoms with Crippen LogP contribution >= 0.6 is 0 Å². The van der Waals surface area contributed by atoms with Crippen LogP contribution in [0.5, 0.6) is 0 Å². The number of ketones is 1. The average Bonchev–Trinajstić information content (AvgIpc) is 2.98. The van der Waals surface area contributed by atoms with E-state index >= 15 is 0 Å². The standard InChI is InChI=1S/C14H15N3O/c1-17-5-4-16-14(17)7-13(18)10-2-3-11-8-15-9-12(11)6-10/h2-6,15H,7-9H2,1H3. The first-order chi connectivity index (χ1) is 8.74. The number of aromatic nitrogens is 2. The summed E-state index contributed by atoms with van der Waals surface area (Å²) in [5.74, 6) is 0.928. The normalized spacial score (nSPS) is 13.6. The fraction of sp³-hybridized carbons (Fsp3) is 0.286. The van der Waals surface area contributed by atoms with Gasteiger partial charge in [-0.25, -0.2) is 4.98 Å². The van der Waals surface area contributed by atoms with Crippen molar-refractivity contribution in [2.75, 3.05) is 0 Å². The molecule has 2 heterocycles. The Balaban J connectivity index is 1.83. The number of carbonyl (C=O) groups is 1. The third-order valence-corrected chi connectivity index (χ3v) is 3.40. The zero-order valence-electron chi connectivity index (χ0n) is 10.3. The van der Waals surface area contributed by atoms with Crippen LogP contribution in [-0.4, -0.2) is 15.3 Å². The number of benzene rings is 1. The molecule has 92 valence electrons. The first-order valence-corrected chi connectivity index (χ1v) is 6.06. The lowest BCUT2D eigenvalue weighted by atomic mass is 10.0. The highest BCUT2D eigenvalue weighted by atomic mass is 16.1. The van der Waals surface area contributed by atoms with Gasteiger partial charge in [-0.15, -0.1) is 0 Å². The van der Waals surface area contributed by atoms with Crippen molar-refractivity contribution in [2.24, 2.45) is 7.05 Å². The maximum absolute atomic E-state index is 12.2. The molecule has 0 unspecified atom stereocenters. The topological polar surface area (TPSA) is 46.9 Å². The maximum Gasteiger partial charge on any atom is 0.170 e. The summed E-state index contributed by atoms with van der Waals surface area (Å²) < 4.78 is 1.88. The fourth-order valence-corrected chi connectivity index (χ4v) is 2.28. The lowest BCUT2D eigenvalue weighted by Crippen LogP contribution is -2.08. The van der Waals surface area contributed by atoms with Crippen molar-refractivity contribution in [1.29, 1.82) is 0 Å². The Hall–Kier alpha value is -1.94. The number of rotatable bonds is 3. The molecule has 1 aromatic heterocycles. The first kappa shape index (κ1) is 11.2. The Morgan fingerprint density at radius 1 is 1.39 bits per heavy atom. The van der Waals surface area contributed by atoms with Gasteiger partial charge in [-0.1, -0.05) is 12.1 Å². The lowest BCUT2D eigenvalue weighted by Gasteiger charge is -2.04. The molecule has 0 saturated heterocycles. The Kier molecular flexibility index (Phi) is 2.72. The van der Waals surface area contributed by atoms with E-state index in [4.69, 9.17) is 0 Å². The molecule has 0 spiro atoms. The molecule has 1 aliphatic heterocycles. The minimum Gasteiger partial charge on any atom is -0.338 e. The van der Waals surface area contributed by atoms with Crippen molar-refractivity contribution in [1.82, 2.24) is 14.9 Å². The molecule has 18 heavy (non-hydrogen) atoms. The second kappa shape index (κ2) is 4.38. The lowest BCUT2D eigenvalue weighted by molar-refractivity contribution is 0.0990. The number of nitrogens with one attached hydrogen (secondary N) is 1. The number of imidazole rings is 1. The minimum atomic E-state index is 0.124. The predicted molar refractivity (Wildman–Crippen MR) is 68.2 cm³/mol. The van der Waals surface area contributed by atoms with Crippen molar-refractivity contribution in [3.8, 4) is 0 Å². The Labute approximate surface area is 106 Å². The van der Waals surface area contributed by atoms with Crippen LogP contribution in [0.1, 0.15) is 27.3 Å². The van der Waals surface area contributed by atoms with Gasteiger partial charge >= 0.3 is 0 Å². The van der Waals surface area contributed by atoms with Crippen LogP contribution in [0.25, 0.3) is 0 Å². The molecule has 0 saturated carbocycles. The molecule has 0 amide bonds. The summed E-state index contributed by atoms with van der Waals surface area (Å²) in [6, 6.07) is 5.96. The van der Waals surface area contributed by atoms with Gasteiger partial charge in [-0.05, 0) is 17.2 Å². The molecular formula is C14H15N3O. The number of hydrogen-bond donors (Lipinski definition) is 1. The van der Waals surface area contributed by atoms with Gasteiger partial charge in [0.25, 0.3) is 0 Å². The van der Waals surface area contributed by atoms with E-state index in [1.54, 1.807) is 6.20 Å². The highest BCUT2D eigenvalue weighted by Crippen LogP contribution is 2.18. The van der Waals surface area contributed by atoms with Crippen LogP contribution in [0.3, 0.4) is 0 Å². The molecule has 4 heteroatoms. The van der Waals surface area contributed by atoms with E-state index < -0.39 is 0 Å². The van der Waals surface area contributed by atoms with Gasteiger partial charge in [0, 0.05) is 38.1 Å². The Morgan fingerprint density at radius 3 is 3.00 bits per heavy atom. The van der Waals surface area contributed by atoms with Crippen molar-refractivity contribution in [3.63, 3.8) is 0 Å². The Morgan fingerprint density at radius 2 is 2.22 bits per heavy atom. The molecular weight excluding hydrogens is 226 g/mol. The maximum atomic E-state index is 12.2. The van der Waals surface area contributed by atoms with Gasteiger partial charge in [0.05, 0.1) is 6.42 Å².